The summed E-state index contributed by atoms with van der Waals surface area (Å²) in [7, 11) is -1.44. The van der Waals surface area contributed by atoms with Crippen LogP contribution in [0.25, 0.3) is 0 Å². The van der Waals surface area contributed by atoms with Gasteiger partial charge in [0.05, 0.1) is 17.8 Å². The molecule has 1 aromatic heterocycles. The molecular formula is C19H27N3O3Si. The number of pyridine rings is 1. The Balaban J connectivity index is 1.84. The van der Waals surface area contributed by atoms with Crippen LogP contribution in [-0.4, -0.2) is 48.6 Å². The van der Waals surface area contributed by atoms with Gasteiger partial charge in [0.25, 0.3) is 0 Å². The van der Waals surface area contributed by atoms with Crippen LogP contribution in [0.1, 0.15) is 26.5 Å². The molecule has 0 unspecified atom stereocenters. The minimum atomic E-state index is -1.44. The van der Waals surface area contributed by atoms with Crippen LogP contribution in [0.5, 0.6) is 0 Å². The van der Waals surface area contributed by atoms with E-state index in [1.54, 1.807) is 18.3 Å². The highest BCUT2D eigenvalue weighted by atomic mass is 28.3. The number of anilines is 1. The first-order valence-corrected chi connectivity index (χ1v) is 12.2. The third-order valence-corrected chi connectivity index (χ3v) is 4.38. The highest BCUT2D eigenvalue weighted by molar-refractivity contribution is 6.83. The van der Waals surface area contributed by atoms with Gasteiger partial charge in [-0.1, -0.05) is 25.6 Å². The maximum Gasteiger partial charge on any atom is 0.410 e. The lowest BCUT2D eigenvalue weighted by atomic mass is 10.00. The molecule has 1 aliphatic heterocycles. The molecule has 0 radical (unpaired) electrons. The number of hydrogen-bond acceptors (Lipinski definition) is 4. The first-order chi connectivity index (χ1) is 11.9. The number of amides is 2. The third kappa shape index (κ3) is 6.19. The van der Waals surface area contributed by atoms with E-state index in [1.807, 2.05) is 20.8 Å². The fourth-order valence-electron chi connectivity index (χ4n) is 2.16. The molecule has 0 saturated carbocycles. The Bertz CT molecular complexity index is 731. The van der Waals surface area contributed by atoms with E-state index < -0.39 is 13.7 Å². The fourth-order valence-corrected chi connectivity index (χ4v) is 2.66. The molecule has 26 heavy (non-hydrogen) atoms. The van der Waals surface area contributed by atoms with Crippen LogP contribution in [0, 0.1) is 17.4 Å². The van der Waals surface area contributed by atoms with Crippen LogP contribution in [0.15, 0.2) is 18.3 Å². The number of nitrogens with zero attached hydrogens (tertiary/aromatic N) is 2. The Morgan fingerprint density at radius 2 is 1.92 bits per heavy atom. The van der Waals surface area contributed by atoms with Gasteiger partial charge in [-0.05, 0) is 32.9 Å². The van der Waals surface area contributed by atoms with Gasteiger partial charge in [0.2, 0.25) is 5.91 Å². The van der Waals surface area contributed by atoms with Crippen molar-refractivity contribution in [3.8, 4) is 11.5 Å². The predicted molar refractivity (Wildman–Crippen MR) is 104 cm³/mol. The fraction of sp³-hybridized carbons (Fsp3) is 0.526. The zero-order chi connectivity index (χ0) is 19.5. The molecule has 0 aromatic carbocycles. The van der Waals surface area contributed by atoms with Gasteiger partial charge in [-0.15, -0.1) is 5.54 Å². The van der Waals surface area contributed by atoms with Crippen molar-refractivity contribution < 1.29 is 14.3 Å². The van der Waals surface area contributed by atoms with Crippen LogP contribution >= 0.6 is 0 Å². The van der Waals surface area contributed by atoms with Crippen molar-refractivity contribution in [1.29, 1.82) is 0 Å². The second-order valence-corrected chi connectivity index (χ2v) is 13.3. The molecule has 0 spiro atoms. The molecule has 2 amide bonds. The summed E-state index contributed by atoms with van der Waals surface area (Å²) in [6.45, 7) is 12.7. The summed E-state index contributed by atoms with van der Waals surface area (Å²) < 4.78 is 5.28. The van der Waals surface area contributed by atoms with Gasteiger partial charge >= 0.3 is 6.09 Å². The number of rotatable bonds is 2. The minimum absolute atomic E-state index is 0.118. The molecule has 2 rings (SSSR count). The number of carbonyl (C=O) groups excluding carboxylic acids is 2. The standard InChI is InChI=1S/C19H27N3O3Si/c1-19(2,3)25-18(24)22-12-14(13-22)17(23)21-16-8-7-15(20-11-16)9-10-26(4,5)6/h7-8,11,14H,12-13H2,1-6H3,(H,21,23). The zero-order valence-electron chi connectivity index (χ0n) is 16.3. The second-order valence-electron chi connectivity index (χ2n) is 8.50. The monoisotopic (exact) mass is 373 g/mol. The Morgan fingerprint density at radius 3 is 2.42 bits per heavy atom. The summed E-state index contributed by atoms with van der Waals surface area (Å²) in [4.78, 5) is 29.9. The van der Waals surface area contributed by atoms with Crippen molar-refractivity contribution in [2.45, 2.75) is 46.0 Å². The number of nitrogens with one attached hydrogen (secondary N) is 1. The molecular weight excluding hydrogens is 346 g/mol. The average Bonchev–Trinajstić information content (AvgIpc) is 2.42. The number of carbonyl (C=O) groups is 2. The van der Waals surface area contributed by atoms with Crippen LogP contribution in [0.2, 0.25) is 19.6 Å². The van der Waals surface area contributed by atoms with Crippen molar-refractivity contribution in [2.24, 2.45) is 5.92 Å². The summed E-state index contributed by atoms with van der Waals surface area (Å²) >= 11 is 0. The molecule has 0 atom stereocenters. The molecule has 7 heteroatoms. The van der Waals surface area contributed by atoms with Crippen molar-refractivity contribution in [3.63, 3.8) is 0 Å². The average molecular weight is 374 g/mol. The quantitative estimate of drug-likeness (QED) is 0.639. The van der Waals surface area contributed by atoms with Gasteiger partial charge < -0.3 is 15.0 Å². The number of hydrogen-bond donors (Lipinski definition) is 1. The lowest BCUT2D eigenvalue weighted by molar-refractivity contribution is -0.124. The lowest BCUT2D eigenvalue weighted by Crippen LogP contribution is -2.55. The summed E-state index contributed by atoms with van der Waals surface area (Å²) in [6, 6.07) is 3.60. The summed E-state index contributed by atoms with van der Waals surface area (Å²) in [5.74, 6) is 2.73. The van der Waals surface area contributed by atoms with E-state index in [9.17, 15) is 9.59 Å². The van der Waals surface area contributed by atoms with Gasteiger partial charge in [-0.2, -0.15) is 0 Å². The van der Waals surface area contributed by atoms with E-state index in [1.165, 1.54) is 4.90 Å². The van der Waals surface area contributed by atoms with Crippen LogP contribution in [0.4, 0.5) is 10.5 Å². The first kappa shape index (κ1) is 20.0. The van der Waals surface area contributed by atoms with Crippen LogP contribution < -0.4 is 5.32 Å². The Kier molecular flexibility index (Phi) is 5.76. The molecule has 2 heterocycles. The highest BCUT2D eigenvalue weighted by Gasteiger charge is 2.37. The first-order valence-electron chi connectivity index (χ1n) is 8.71. The van der Waals surface area contributed by atoms with E-state index in [0.717, 1.165) is 0 Å². The van der Waals surface area contributed by atoms with Crippen molar-refractivity contribution in [3.05, 3.63) is 24.0 Å². The summed E-state index contributed by atoms with van der Waals surface area (Å²) in [5, 5.41) is 2.83. The molecule has 1 aliphatic rings. The largest absolute Gasteiger partial charge is 0.444 e. The Hall–Kier alpha value is -2.33. The van der Waals surface area contributed by atoms with Gasteiger partial charge in [0, 0.05) is 13.1 Å². The maximum absolute atomic E-state index is 12.3. The van der Waals surface area contributed by atoms with E-state index in [2.05, 4.69) is 41.4 Å². The predicted octanol–water partition coefficient (Wildman–Crippen LogP) is 3.12. The topological polar surface area (TPSA) is 71.5 Å². The molecule has 140 valence electrons. The third-order valence-electron chi connectivity index (χ3n) is 3.50. The SMILES string of the molecule is CC(C)(C)OC(=O)N1CC(C(=O)Nc2ccc(C#C[Si](C)(C)C)nc2)C1. The van der Waals surface area contributed by atoms with E-state index in [4.69, 9.17) is 4.74 Å². The van der Waals surface area contributed by atoms with Gasteiger partial charge in [0.15, 0.2) is 0 Å². The molecule has 1 aromatic rings. The van der Waals surface area contributed by atoms with Crippen LogP contribution in [0.3, 0.4) is 0 Å². The Morgan fingerprint density at radius 1 is 1.27 bits per heavy atom. The van der Waals surface area contributed by atoms with Crippen molar-refractivity contribution >= 4 is 25.8 Å². The molecule has 0 bridgehead atoms. The zero-order valence-corrected chi connectivity index (χ0v) is 17.3. The van der Waals surface area contributed by atoms with Gasteiger partial charge in [-0.3, -0.25) is 4.79 Å². The molecule has 1 N–H and O–H groups in total. The van der Waals surface area contributed by atoms with Crippen LogP contribution in [-0.2, 0) is 9.53 Å². The molecule has 1 fully saturated rings. The summed E-state index contributed by atoms with van der Waals surface area (Å²) in [6.07, 6.45) is 1.23. The summed E-state index contributed by atoms with van der Waals surface area (Å²) in [5.41, 5.74) is 4.05. The number of likely N-dealkylation sites (tertiary alicyclic amines) is 1. The maximum atomic E-state index is 12.3. The number of aromatic nitrogens is 1. The number of ether oxygens (including phenoxy) is 1. The lowest BCUT2D eigenvalue weighted by Gasteiger charge is -2.38. The normalized spacial score (nSPS) is 14.8. The second kappa shape index (κ2) is 7.50. The van der Waals surface area contributed by atoms with Crippen molar-refractivity contribution in [2.75, 3.05) is 18.4 Å². The Labute approximate surface area is 156 Å². The van der Waals surface area contributed by atoms with E-state index in [-0.39, 0.29) is 17.9 Å². The smallest absolute Gasteiger partial charge is 0.410 e. The highest BCUT2D eigenvalue weighted by Crippen LogP contribution is 2.21. The molecule has 0 aliphatic carbocycles. The van der Waals surface area contributed by atoms with E-state index in [0.29, 0.717) is 24.5 Å². The molecule has 6 nitrogen and oxygen atoms in total. The van der Waals surface area contributed by atoms with Crippen molar-refractivity contribution in [1.82, 2.24) is 9.88 Å². The van der Waals surface area contributed by atoms with E-state index >= 15 is 0 Å². The minimum Gasteiger partial charge on any atom is -0.444 e. The van der Waals surface area contributed by atoms with Gasteiger partial charge in [0.1, 0.15) is 19.4 Å². The molecule has 1 saturated heterocycles. The van der Waals surface area contributed by atoms with Gasteiger partial charge in [-0.25, -0.2) is 9.78 Å².